The number of carbonyl (C=O) groups is 2. The van der Waals surface area contributed by atoms with Gasteiger partial charge < -0.3 is 24.7 Å². The van der Waals surface area contributed by atoms with Crippen LogP contribution in [0.15, 0.2) is 29.5 Å². The predicted molar refractivity (Wildman–Crippen MR) is 100 cm³/mol. The Hall–Kier alpha value is -3.96. The molecule has 0 unspecified atom stereocenters. The van der Waals surface area contributed by atoms with Gasteiger partial charge in [0.25, 0.3) is 5.91 Å². The number of carboxylic acids is 1. The number of aryl methyl sites for hydroxylation is 1. The summed E-state index contributed by atoms with van der Waals surface area (Å²) in [4.78, 5) is 37.0. The van der Waals surface area contributed by atoms with E-state index < -0.39 is 23.4 Å². The molecule has 0 aliphatic carbocycles. The van der Waals surface area contributed by atoms with E-state index in [1.54, 1.807) is 25.1 Å². The first kappa shape index (κ1) is 21.3. The van der Waals surface area contributed by atoms with Gasteiger partial charge in [-0.05, 0) is 24.0 Å². The van der Waals surface area contributed by atoms with E-state index in [-0.39, 0.29) is 18.1 Å². The minimum Gasteiger partial charge on any atom is -0.490 e. The molecule has 12 nitrogen and oxygen atoms in total. The van der Waals surface area contributed by atoms with Gasteiger partial charge >= 0.3 is 11.8 Å². The molecule has 1 aromatic heterocycles. The van der Waals surface area contributed by atoms with Crippen molar-refractivity contribution in [3.63, 3.8) is 0 Å². The van der Waals surface area contributed by atoms with Crippen molar-refractivity contribution in [1.29, 1.82) is 0 Å². The van der Waals surface area contributed by atoms with Crippen molar-refractivity contribution < 1.29 is 29.1 Å². The number of carboxylic acid groups (broad SMARTS) is 1. The summed E-state index contributed by atoms with van der Waals surface area (Å²) < 4.78 is 11.8. The Morgan fingerprint density at radius 1 is 1.41 bits per heavy atom. The maximum Gasteiger partial charge on any atom is 0.343 e. The molecule has 0 aliphatic heterocycles. The molecular weight excluding hydrogens is 386 g/mol. The van der Waals surface area contributed by atoms with Crippen LogP contribution in [0.4, 0.5) is 5.82 Å². The normalized spacial score (nSPS) is 10.7. The average Bonchev–Trinajstić information content (AvgIpc) is 3.02. The van der Waals surface area contributed by atoms with Gasteiger partial charge in [-0.15, -0.1) is 0 Å². The minimum atomic E-state index is -1.16. The van der Waals surface area contributed by atoms with Gasteiger partial charge in [-0.3, -0.25) is 4.79 Å². The molecule has 0 saturated carbocycles. The van der Waals surface area contributed by atoms with Crippen molar-refractivity contribution >= 4 is 23.9 Å². The largest absolute Gasteiger partial charge is 0.490 e. The first-order chi connectivity index (χ1) is 13.8. The van der Waals surface area contributed by atoms with Crippen LogP contribution in [-0.2, 0) is 16.1 Å². The summed E-state index contributed by atoms with van der Waals surface area (Å²) in [5, 5.41) is 23.6. The first-order valence-corrected chi connectivity index (χ1v) is 8.42. The number of benzene rings is 1. The lowest BCUT2D eigenvalue weighted by Crippen LogP contribution is -2.24. The fourth-order valence-corrected chi connectivity index (χ4v) is 2.34. The van der Waals surface area contributed by atoms with Crippen molar-refractivity contribution in [2.75, 3.05) is 13.2 Å². The second kappa shape index (κ2) is 9.82. The third kappa shape index (κ3) is 5.76. The van der Waals surface area contributed by atoms with Crippen LogP contribution in [0.3, 0.4) is 0 Å². The molecule has 1 aromatic carbocycles. The molecule has 1 heterocycles. The molecule has 0 spiro atoms. The van der Waals surface area contributed by atoms with Crippen molar-refractivity contribution in [2.24, 2.45) is 5.10 Å². The molecule has 12 heteroatoms. The third-order valence-corrected chi connectivity index (χ3v) is 3.56. The SMILES string of the molecule is CCOc1cccc(/C=N/NC(=O)Cn2c([N+](=O)[O-])cnc2C)c1OCC(=O)O. The molecule has 0 saturated heterocycles. The number of carbonyl (C=O) groups excluding carboxylic acids is 1. The molecule has 0 bridgehead atoms. The zero-order chi connectivity index (χ0) is 21.4. The number of nitrogens with one attached hydrogen (secondary N) is 1. The number of hydrogen-bond donors (Lipinski definition) is 2. The molecule has 2 N–H and O–H groups in total. The van der Waals surface area contributed by atoms with E-state index in [1.165, 1.54) is 13.1 Å². The van der Waals surface area contributed by atoms with E-state index >= 15 is 0 Å². The Morgan fingerprint density at radius 3 is 2.83 bits per heavy atom. The highest BCUT2D eigenvalue weighted by Crippen LogP contribution is 2.30. The summed E-state index contributed by atoms with van der Waals surface area (Å²) in [7, 11) is 0. The number of aliphatic carboxylic acids is 1. The number of nitro groups is 1. The van der Waals surface area contributed by atoms with Gasteiger partial charge in [0, 0.05) is 12.5 Å². The van der Waals surface area contributed by atoms with Crippen LogP contribution in [0, 0.1) is 17.0 Å². The molecule has 2 aromatic rings. The molecule has 1 amide bonds. The van der Waals surface area contributed by atoms with E-state index in [0.29, 0.717) is 23.7 Å². The standard InChI is InChI=1S/C17H19N5O7/c1-3-28-13-6-4-5-12(17(13)29-10-16(24)25)7-19-20-14(23)9-21-11(2)18-8-15(21)22(26)27/h4-8H,3,9-10H2,1-2H3,(H,20,23)(H,24,25)/b19-7+. The zero-order valence-electron chi connectivity index (χ0n) is 15.7. The lowest BCUT2D eigenvalue weighted by molar-refractivity contribution is -0.392. The van der Waals surface area contributed by atoms with E-state index in [1.807, 2.05) is 0 Å². The van der Waals surface area contributed by atoms with Gasteiger partial charge in [0.15, 0.2) is 30.5 Å². The first-order valence-electron chi connectivity index (χ1n) is 8.42. The second-order valence-corrected chi connectivity index (χ2v) is 5.59. The quantitative estimate of drug-likeness (QED) is 0.338. The Balaban J connectivity index is 2.12. The molecule has 0 aliphatic rings. The number of hydrazone groups is 1. The monoisotopic (exact) mass is 405 g/mol. The van der Waals surface area contributed by atoms with Crippen LogP contribution in [0.2, 0.25) is 0 Å². The van der Waals surface area contributed by atoms with Gasteiger partial charge in [0.2, 0.25) is 0 Å². The fourth-order valence-electron chi connectivity index (χ4n) is 2.34. The summed E-state index contributed by atoms with van der Waals surface area (Å²) in [6.07, 6.45) is 2.32. The van der Waals surface area contributed by atoms with Gasteiger partial charge in [-0.25, -0.2) is 19.8 Å². The summed E-state index contributed by atoms with van der Waals surface area (Å²) in [6.45, 7) is 2.71. The number of nitrogens with zero attached hydrogens (tertiary/aromatic N) is 4. The fraction of sp³-hybridized carbons (Fsp3) is 0.294. The molecule has 29 heavy (non-hydrogen) atoms. The van der Waals surface area contributed by atoms with Crippen molar-refractivity contribution in [1.82, 2.24) is 15.0 Å². The van der Waals surface area contributed by atoms with Crippen molar-refractivity contribution in [3.8, 4) is 11.5 Å². The maximum atomic E-state index is 12.1. The van der Waals surface area contributed by atoms with E-state index in [9.17, 15) is 19.7 Å². The van der Waals surface area contributed by atoms with E-state index in [0.717, 1.165) is 10.8 Å². The van der Waals surface area contributed by atoms with Gasteiger partial charge in [-0.1, -0.05) is 6.07 Å². The summed E-state index contributed by atoms with van der Waals surface area (Å²) in [5.41, 5.74) is 2.63. The maximum absolute atomic E-state index is 12.1. The second-order valence-electron chi connectivity index (χ2n) is 5.59. The van der Waals surface area contributed by atoms with Crippen LogP contribution in [0.25, 0.3) is 0 Å². The Bertz CT molecular complexity index is 938. The van der Waals surface area contributed by atoms with Crippen LogP contribution in [0.5, 0.6) is 11.5 Å². The van der Waals surface area contributed by atoms with E-state index in [2.05, 4.69) is 15.5 Å². The Kier molecular flexibility index (Phi) is 7.23. The number of rotatable bonds is 10. The van der Waals surface area contributed by atoms with Gasteiger partial charge in [-0.2, -0.15) is 5.10 Å². The summed E-state index contributed by atoms with van der Waals surface area (Å²) in [5.74, 6) is -1.28. The van der Waals surface area contributed by atoms with Crippen LogP contribution in [-0.4, -0.2) is 50.9 Å². The molecule has 0 fully saturated rings. The number of ether oxygens (including phenoxy) is 2. The number of para-hydroxylation sites is 1. The predicted octanol–water partition coefficient (Wildman–Crippen LogP) is 1.11. The van der Waals surface area contributed by atoms with Gasteiger partial charge in [0.05, 0.1) is 12.8 Å². The van der Waals surface area contributed by atoms with Crippen LogP contribution < -0.4 is 14.9 Å². The molecule has 2 rings (SSSR count). The van der Waals surface area contributed by atoms with Gasteiger partial charge in [0.1, 0.15) is 6.20 Å². The van der Waals surface area contributed by atoms with Crippen molar-refractivity contribution in [3.05, 3.63) is 45.9 Å². The van der Waals surface area contributed by atoms with Crippen molar-refractivity contribution in [2.45, 2.75) is 20.4 Å². The van der Waals surface area contributed by atoms with E-state index in [4.69, 9.17) is 14.6 Å². The third-order valence-electron chi connectivity index (χ3n) is 3.56. The number of aromatic nitrogens is 2. The lowest BCUT2D eigenvalue weighted by Gasteiger charge is -2.12. The molecular formula is C17H19N5O7. The lowest BCUT2D eigenvalue weighted by atomic mass is 10.2. The molecule has 0 atom stereocenters. The number of hydrogen-bond acceptors (Lipinski definition) is 8. The number of amides is 1. The highest BCUT2D eigenvalue weighted by molar-refractivity contribution is 5.86. The average molecular weight is 405 g/mol. The summed E-state index contributed by atoms with van der Waals surface area (Å²) in [6, 6.07) is 4.86. The molecule has 154 valence electrons. The molecule has 0 radical (unpaired) electrons. The Morgan fingerprint density at radius 2 is 2.17 bits per heavy atom. The zero-order valence-corrected chi connectivity index (χ0v) is 15.7. The van der Waals surface area contributed by atoms with Crippen LogP contribution >= 0.6 is 0 Å². The topological polar surface area (TPSA) is 158 Å². The highest BCUT2D eigenvalue weighted by Gasteiger charge is 2.20. The highest BCUT2D eigenvalue weighted by atomic mass is 16.6. The smallest absolute Gasteiger partial charge is 0.343 e. The summed E-state index contributed by atoms with van der Waals surface area (Å²) >= 11 is 0. The number of imidazole rings is 1. The Labute approximate surface area is 164 Å². The minimum absolute atomic E-state index is 0.163. The van der Waals surface area contributed by atoms with Crippen LogP contribution in [0.1, 0.15) is 18.3 Å².